The predicted octanol–water partition coefficient (Wildman–Crippen LogP) is -0.485. The Morgan fingerprint density at radius 1 is 1.46 bits per heavy atom. The molecule has 2 aliphatic rings. The molecule has 0 spiro atoms. The molecule has 0 bridgehead atoms. The van der Waals surface area contributed by atoms with Gasteiger partial charge in [-0.2, -0.15) is 0 Å². The van der Waals surface area contributed by atoms with E-state index in [1.807, 2.05) is 0 Å². The number of nitrogens with one attached hydrogen (secondary N) is 1. The van der Waals surface area contributed by atoms with Crippen LogP contribution in [0.5, 0.6) is 0 Å². The van der Waals surface area contributed by atoms with E-state index < -0.39 is 0 Å². The molecule has 13 heavy (non-hydrogen) atoms. The van der Waals surface area contributed by atoms with Crippen LogP contribution in [0.15, 0.2) is 0 Å². The highest BCUT2D eigenvalue weighted by Gasteiger charge is 2.27. The van der Waals surface area contributed by atoms with Gasteiger partial charge in [0.25, 0.3) is 0 Å². The monoisotopic (exact) mass is 187 g/mol. The molecule has 2 N–H and O–H groups in total. The summed E-state index contributed by atoms with van der Waals surface area (Å²) >= 11 is 0. The maximum atomic E-state index is 9.43. The van der Waals surface area contributed by atoms with E-state index in [0.717, 1.165) is 26.0 Å². The third kappa shape index (κ3) is 2.40. The molecule has 2 heterocycles. The summed E-state index contributed by atoms with van der Waals surface area (Å²) in [5, 5.41) is 12.5. The van der Waals surface area contributed by atoms with Crippen molar-refractivity contribution in [1.82, 2.24) is 5.32 Å². The van der Waals surface area contributed by atoms with Gasteiger partial charge in [-0.3, -0.25) is 0 Å². The van der Waals surface area contributed by atoms with Crippen molar-refractivity contribution in [2.75, 3.05) is 26.3 Å². The fraction of sp³-hybridized carbons (Fsp3) is 1.00. The maximum absolute atomic E-state index is 9.43. The third-order valence-electron chi connectivity index (χ3n) is 2.65. The highest BCUT2D eigenvalue weighted by Crippen LogP contribution is 2.14. The summed E-state index contributed by atoms with van der Waals surface area (Å²) in [5.74, 6) is 0. The number of rotatable bonds is 3. The molecule has 0 aliphatic carbocycles. The second-order valence-electron chi connectivity index (χ2n) is 3.73. The van der Waals surface area contributed by atoms with E-state index in [-0.39, 0.29) is 18.3 Å². The van der Waals surface area contributed by atoms with E-state index in [1.54, 1.807) is 0 Å². The van der Waals surface area contributed by atoms with E-state index in [9.17, 15) is 5.11 Å². The Bertz CT molecular complexity index is 159. The zero-order valence-corrected chi connectivity index (χ0v) is 7.74. The Morgan fingerprint density at radius 3 is 3.00 bits per heavy atom. The van der Waals surface area contributed by atoms with Gasteiger partial charge in [0.15, 0.2) is 0 Å². The van der Waals surface area contributed by atoms with Gasteiger partial charge in [-0.05, 0) is 12.8 Å². The minimum Gasteiger partial charge on any atom is -0.389 e. The van der Waals surface area contributed by atoms with E-state index in [1.165, 1.54) is 0 Å². The maximum Gasteiger partial charge on any atom is 0.0971 e. The van der Waals surface area contributed by atoms with Crippen molar-refractivity contribution in [3.63, 3.8) is 0 Å². The summed E-state index contributed by atoms with van der Waals surface area (Å²) in [6, 6.07) is 0. The Morgan fingerprint density at radius 2 is 2.38 bits per heavy atom. The van der Waals surface area contributed by atoms with Crippen LogP contribution in [0.1, 0.15) is 12.8 Å². The Labute approximate surface area is 78.2 Å². The topological polar surface area (TPSA) is 50.7 Å². The lowest BCUT2D eigenvalue weighted by Crippen LogP contribution is -2.30. The molecule has 0 radical (unpaired) electrons. The molecule has 4 heteroatoms. The first-order valence-corrected chi connectivity index (χ1v) is 4.98. The normalized spacial score (nSPS) is 39.9. The molecule has 0 saturated carbocycles. The summed E-state index contributed by atoms with van der Waals surface area (Å²) < 4.78 is 11.0. The summed E-state index contributed by atoms with van der Waals surface area (Å²) in [6.45, 7) is 2.90. The lowest BCUT2D eigenvalue weighted by molar-refractivity contribution is -0.0502. The number of ether oxygens (including phenoxy) is 2. The van der Waals surface area contributed by atoms with Crippen LogP contribution in [0.25, 0.3) is 0 Å². The first kappa shape index (κ1) is 9.40. The average Bonchev–Trinajstić information content (AvgIpc) is 2.72. The van der Waals surface area contributed by atoms with E-state index in [0.29, 0.717) is 13.2 Å². The molecule has 3 atom stereocenters. The van der Waals surface area contributed by atoms with Crippen molar-refractivity contribution in [1.29, 1.82) is 0 Å². The van der Waals surface area contributed by atoms with Gasteiger partial charge in [0.2, 0.25) is 0 Å². The number of β-amino-alcohol motifs (C(OH)–C–C–N with tert-alkyl or cyclic N) is 1. The molecule has 0 aromatic carbocycles. The van der Waals surface area contributed by atoms with Gasteiger partial charge in [-0.25, -0.2) is 0 Å². The molecule has 0 aromatic rings. The van der Waals surface area contributed by atoms with Crippen LogP contribution in [0, 0.1) is 0 Å². The second kappa shape index (κ2) is 4.37. The third-order valence-corrected chi connectivity index (χ3v) is 2.65. The summed E-state index contributed by atoms with van der Waals surface area (Å²) in [4.78, 5) is 0. The number of aliphatic hydroxyl groups excluding tert-OH is 1. The number of hydrogen-bond donors (Lipinski definition) is 2. The fourth-order valence-electron chi connectivity index (χ4n) is 1.82. The van der Waals surface area contributed by atoms with Gasteiger partial charge >= 0.3 is 0 Å². The van der Waals surface area contributed by atoms with Gasteiger partial charge in [-0.15, -0.1) is 0 Å². The molecule has 2 fully saturated rings. The van der Waals surface area contributed by atoms with Crippen molar-refractivity contribution in [3.05, 3.63) is 0 Å². The van der Waals surface area contributed by atoms with Gasteiger partial charge < -0.3 is 19.9 Å². The van der Waals surface area contributed by atoms with E-state index >= 15 is 0 Å². The summed E-state index contributed by atoms with van der Waals surface area (Å²) in [5.41, 5.74) is 0. The SMILES string of the molecule is OC1CNCC1OCC1CCCO1. The quantitative estimate of drug-likeness (QED) is 0.626. The summed E-state index contributed by atoms with van der Waals surface area (Å²) in [6.07, 6.45) is 2.11. The van der Waals surface area contributed by atoms with Crippen molar-refractivity contribution >= 4 is 0 Å². The Hall–Kier alpha value is -0.160. The Balaban J connectivity index is 1.66. The lowest BCUT2D eigenvalue weighted by atomic mass is 10.2. The van der Waals surface area contributed by atoms with Crippen LogP contribution in [0.2, 0.25) is 0 Å². The van der Waals surface area contributed by atoms with Crippen LogP contribution in [-0.2, 0) is 9.47 Å². The molecule has 2 rings (SSSR count). The van der Waals surface area contributed by atoms with Crippen LogP contribution in [-0.4, -0.2) is 49.7 Å². The zero-order valence-electron chi connectivity index (χ0n) is 7.74. The van der Waals surface area contributed by atoms with Gasteiger partial charge in [0, 0.05) is 19.7 Å². The van der Waals surface area contributed by atoms with Crippen molar-refractivity contribution in [3.8, 4) is 0 Å². The first-order valence-electron chi connectivity index (χ1n) is 4.98. The van der Waals surface area contributed by atoms with Crippen molar-refractivity contribution in [2.24, 2.45) is 0 Å². The highest BCUT2D eigenvalue weighted by molar-refractivity contribution is 4.81. The second-order valence-corrected chi connectivity index (χ2v) is 3.73. The molecular formula is C9H17NO3. The fourth-order valence-corrected chi connectivity index (χ4v) is 1.82. The van der Waals surface area contributed by atoms with Crippen molar-refractivity contribution in [2.45, 2.75) is 31.2 Å². The molecular weight excluding hydrogens is 170 g/mol. The van der Waals surface area contributed by atoms with Gasteiger partial charge in [-0.1, -0.05) is 0 Å². The standard InChI is InChI=1S/C9H17NO3/c11-8-4-10-5-9(8)13-6-7-2-1-3-12-7/h7-11H,1-6H2. The zero-order chi connectivity index (χ0) is 9.10. The summed E-state index contributed by atoms with van der Waals surface area (Å²) in [7, 11) is 0. The Kier molecular flexibility index (Phi) is 3.16. The average molecular weight is 187 g/mol. The molecule has 2 aliphatic heterocycles. The highest BCUT2D eigenvalue weighted by atomic mass is 16.5. The predicted molar refractivity (Wildman–Crippen MR) is 47.6 cm³/mol. The first-order chi connectivity index (χ1) is 6.36. The van der Waals surface area contributed by atoms with E-state index in [4.69, 9.17) is 9.47 Å². The molecule has 3 unspecified atom stereocenters. The van der Waals surface area contributed by atoms with Crippen LogP contribution in [0.3, 0.4) is 0 Å². The van der Waals surface area contributed by atoms with Gasteiger partial charge in [0.1, 0.15) is 0 Å². The molecule has 4 nitrogen and oxygen atoms in total. The van der Waals surface area contributed by atoms with E-state index in [2.05, 4.69) is 5.32 Å². The van der Waals surface area contributed by atoms with Crippen molar-refractivity contribution < 1.29 is 14.6 Å². The molecule has 76 valence electrons. The van der Waals surface area contributed by atoms with Gasteiger partial charge in [0.05, 0.1) is 24.9 Å². The lowest BCUT2D eigenvalue weighted by Gasteiger charge is -2.17. The van der Waals surface area contributed by atoms with Crippen LogP contribution in [0.4, 0.5) is 0 Å². The number of aliphatic hydroxyl groups is 1. The molecule has 0 aromatic heterocycles. The molecule has 2 saturated heterocycles. The number of hydrogen-bond acceptors (Lipinski definition) is 4. The largest absolute Gasteiger partial charge is 0.389 e. The molecule has 0 amide bonds. The van der Waals surface area contributed by atoms with Crippen LogP contribution >= 0.6 is 0 Å². The minimum absolute atomic E-state index is 0.0378. The smallest absolute Gasteiger partial charge is 0.0971 e. The minimum atomic E-state index is -0.346. The van der Waals surface area contributed by atoms with Crippen LogP contribution < -0.4 is 5.32 Å².